The van der Waals surface area contributed by atoms with Crippen molar-refractivity contribution < 1.29 is 4.79 Å². The number of amides is 1. The van der Waals surface area contributed by atoms with Crippen LogP contribution in [0.2, 0.25) is 10.0 Å². The van der Waals surface area contributed by atoms with E-state index in [-0.39, 0.29) is 5.91 Å². The van der Waals surface area contributed by atoms with Crippen LogP contribution in [0.1, 0.15) is 20.8 Å². The minimum absolute atomic E-state index is 0.134. The monoisotopic (exact) mass is 405 g/mol. The molecule has 0 saturated carbocycles. The standard InChI is InChI=1S/C19H13Cl2NOS2/c1-10-2-5-15(14(21)6-10)22-19(23)17-7-11-9-24-16-8-12(20)3-4-13(16)18(11)25-17/h2-8H,9H2,1H3,(H,22,23). The number of thiophene rings is 1. The second-order valence-electron chi connectivity index (χ2n) is 5.83. The second kappa shape index (κ2) is 6.69. The van der Waals surface area contributed by atoms with E-state index in [0.717, 1.165) is 31.7 Å². The Balaban J connectivity index is 1.65. The van der Waals surface area contributed by atoms with Gasteiger partial charge in [-0.15, -0.1) is 23.1 Å². The van der Waals surface area contributed by atoms with E-state index in [1.54, 1.807) is 11.8 Å². The maximum atomic E-state index is 12.6. The third-order valence-corrected chi connectivity index (χ3v) is 6.84. The minimum Gasteiger partial charge on any atom is -0.320 e. The Labute approximate surface area is 164 Å². The Morgan fingerprint density at radius 2 is 1.96 bits per heavy atom. The van der Waals surface area contributed by atoms with Crippen molar-refractivity contribution in [1.29, 1.82) is 0 Å². The summed E-state index contributed by atoms with van der Waals surface area (Å²) in [4.78, 5) is 15.6. The molecule has 25 heavy (non-hydrogen) atoms. The summed E-state index contributed by atoms with van der Waals surface area (Å²) in [5.41, 5.74) is 4.02. The first-order valence-electron chi connectivity index (χ1n) is 7.64. The van der Waals surface area contributed by atoms with Crippen molar-refractivity contribution in [2.75, 3.05) is 5.32 Å². The zero-order valence-corrected chi connectivity index (χ0v) is 16.4. The molecule has 1 aromatic heterocycles. The fourth-order valence-electron chi connectivity index (χ4n) is 2.74. The number of hydrogen-bond donors (Lipinski definition) is 1. The molecular weight excluding hydrogens is 393 g/mol. The van der Waals surface area contributed by atoms with E-state index in [4.69, 9.17) is 23.2 Å². The number of thioether (sulfide) groups is 1. The molecule has 0 spiro atoms. The third-order valence-electron chi connectivity index (χ3n) is 3.98. The highest BCUT2D eigenvalue weighted by Crippen LogP contribution is 2.46. The summed E-state index contributed by atoms with van der Waals surface area (Å²) in [5, 5.41) is 4.19. The molecule has 2 nitrogen and oxygen atoms in total. The zero-order valence-electron chi connectivity index (χ0n) is 13.2. The van der Waals surface area contributed by atoms with E-state index in [9.17, 15) is 4.79 Å². The molecule has 0 atom stereocenters. The lowest BCUT2D eigenvalue weighted by molar-refractivity contribution is 0.103. The molecule has 6 heteroatoms. The third kappa shape index (κ3) is 3.32. The number of carbonyl (C=O) groups is 1. The average molecular weight is 406 g/mol. The smallest absolute Gasteiger partial charge is 0.265 e. The Kier molecular flexibility index (Phi) is 4.54. The lowest BCUT2D eigenvalue weighted by Crippen LogP contribution is -2.10. The van der Waals surface area contributed by atoms with Gasteiger partial charge in [0.1, 0.15) is 0 Å². The van der Waals surface area contributed by atoms with Crippen LogP contribution in [0.4, 0.5) is 5.69 Å². The topological polar surface area (TPSA) is 29.1 Å². The van der Waals surface area contributed by atoms with Crippen LogP contribution in [0.15, 0.2) is 47.4 Å². The largest absolute Gasteiger partial charge is 0.320 e. The molecule has 4 rings (SSSR count). The van der Waals surface area contributed by atoms with E-state index in [0.29, 0.717) is 15.6 Å². The molecule has 0 fully saturated rings. The summed E-state index contributed by atoms with van der Waals surface area (Å²) in [6.07, 6.45) is 0. The van der Waals surface area contributed by atoms with Gasteiger partial charge < -0.3 is 5.32 Å². The van der Waals surface area contributed by atoms with E-state index in [1.165, 1.54) is 16.9 Å². The van der Waals surface area contributed by atoms with Crippen LogP contribution in [0.25, 0.3) is 10.4 Å². The molecule has 0 unspecified atom stereocenters. The highest BCUT2D eigenvalue weighted by Gasteiger charge is 2.22. The van der Waals surface area contributed by atoms with Gasteiger partial charge in [0.15, 0.2) is 0 Å². The fourth-order valence-corrected chi connectivity index (χ4v) is 5.60. The number of nitrogens with one attached hydrogen (secondary N) is 1. The van der Waals surface area contributed by atoms with Crippen LogP contribution in [-0.2, 0) is 5.75 Å². The number of halogens is 2. The van der Waals surface area contributed by atoms with Crippen molar-refractivity contribution >= 4 is 57.9 Å². The molecule has 1 aliphatic rings. The van der Waals surface area contributed by atoms with E-state index < -0.39 is 0 Å². The van der Waals surface area contributed by atoms with Crippen molar-refractivity contribution in [2.24, 2.45) is 0 Å². The van der Waals surface area contributed by atoms with Crippen LogP contribution in [0, 0.1) is 6.92 Å². The number of benzene rings is 2. The molecule has 2 heterocycles. The molecule has 126 valence electrons. The first-order valence-corrected chi connectivity index (χ1v) is 10.2. The molecule has 0 radical (unpaired) electrons. The van der Waals surface area contributed by atoms with Crippen molar-refractivity contribution in [3.63, 3.8) is 0 Å². The Hall–Kier alpha value is -1.46. The molecule has 3 aromatic rings. The van der Waals surface area contributed by atoms with Gasteiger partial charge in [-0.3, -0.25) is 4.79 Å². The van der Waals surface area contributed by atoms with Crippen LogP contribution in [0.5, 0.6) is 0 Å². The normalized spacial score (nSPS) is 12.4. The number of hydrogen-bond acceptors (Lipinski definition) is 3. The molecule has 0 bridgehead atoms. The van der Waals surface area contributed by atoms with E-state index in [1.807, 2.05) is 49.4 Å². The van der Waals surface area contributed by atoms with Crippen LogP contribution in [0.3, 0.4) is 0 Å². The maximum absolute atomic E-state index is 12.6. The number of anilines is 1. The van der Waals surface area contributed by atoms with Crippen LogP contribution in [-0.4, -0.2) is 5.91 Å². The highest BCUT2D eigenvalue weighted by molar-refractivity contribution is 7.98. The van der Waals surface area contributed by atoms with Crippen molar-refractivity contribution in [2.45, 2.75) is 17.6 Å². The van der Waals surface area contributed by atoms with Crippen molar-refractivity contribution in [3.8, 4) is 10.4 Å². The van der Waals surface area contributed by atoms with Gasteiger partial charge >= 0.3 is 0 Å². The Morgan fingerprint density at radius 3 is 2.76 bits per heavy atom. The summed E-state index contributed by atoms with van der Waals surface area (Å²) in [6, 6.07) is 13.5. The Morgan fingerprint density at radius 1 is 1.12 bits per heavy atom. The summed E-state index contributed by atoms with van der Waals surface area (Å²) in [5.74, 6) is 0.711. The number of carbonyl (C=O) groups excluding carboxylic acids is 1. The molecule has 2 aromatic carbocycles. The molecular formula is C19H13Cl2NOS2. The van der Waals surface area contributed by atoms with Gasteiger partial charge in [0.2, 0.25) is 0 Å². The van der Waals surface area contributed by atoms with Gasteiger partial charge in [0.05, 0.1) is 15.6 Å². The second-order valence-corrected chi connectivity index (χ2v) is 8.74. The van der Waals surface area contributed by atoms with Crippen molar-refractivity contribution in [1.82, 2.24) is 0 Å². The lowest BCUT2D eigenvalue weighted by Gasteiger charge is -2.15. The van der Waals surface area contributed by atoms with E-state index in [2.05, 4.69) is 5.32 Å². The predicted molar refractivity (Wildman–Crippen MR) is 108 cm³/mol. The Bertz CT molecular complexity index is 997. The number of fused-ring (bicyclic) bond motifs is 3. The quantitative estimate of drug-likeness (QED) is 0.502. The van der Waals surface area contributed by atoms with Gasteiger partial charge in [0.25, 0.3) is 5.91 Å². The highest BCUT2D eigenvalue weighted by atomic mass is 35.5. The van der Waals surface area contributed by atoms with Gasteiger partial charge in [0, 0.05) is 26.1 Å². The van der Waals surface area contributed by atoms with Crippen LogP contribution >= 0.6 is 46.3 Å². The van der Waals surface area contributed by atoms with Crippen LogP contribution < -0.4 is 5.32 Å². The van der Waals surface area contributed by atoms with E-state index >= 15 is 0 Å². The van der Waals surface area contributed by atoms with Gasteiger partial charge in [-0.25, -0.2) is 0 Å². The zero-order chi connectivity index (χ0) is 17.6. The maximum Gasteiger partial charge on any atom is 0.265 e. The van der Waals surface area contributed by atoms with Crippen molar-refractivity contribution in [3.05, 3.63) is 68.5 Å². The summed E-state index contributed by atoms with van der Waals surface area (Å²) >= 11 is 15.6. The molecule has 1 aliphatic heterocycles. The molecule has 0 saturated heterocycles. The first kappa shape index (κ1) is 17.0. The fraction of sp³-hybridized carbons (Fsp3) is 0.105. The number of rotatable bonds is 2. The molecule has 0 aliphatic carbocycles. The average Bonchev–Trinajstić information content (AvgIpc) is 3.01. The SMILES string of the molecule is Cc1ccc(NC(=O)c2cc3c(s2)-c2ccc(Cl)cc2SC3)c(Cl)c1. The summed E-state index contributed by atoms with van der Waals surface area (Å²) in [6.45, 7) is 1.96. The minimum atomic E-state index is -0.134. The summed E-state index contributed by atoms with van der Waals surface area (Å²) < 4.78 is 0. The molecule has 1 amide bonds. The first-order chi connectivity index (χ1) is 12.0. The molecule has 1 N–H and O–H groups in total. The van der Waals surface area contributed by atoms with Gasteiger partial charge in [-0.05, 0) is 48.4 Å². The van der Waals surface area contributed by atoms with Gasteiger partial charge in [-0.1, -0.05) is 35.3 Å². The van der Waals surface area contributed by atoms with Gasteiger partial charge in [-0.2, -0.15) is 0 Å². The lowest BCUT2D eigenvalue weighted by atomic mass is 10.1. The predicted octanol–water partition coefficient (Wildman–Crippen LogP) is 6.89. The number of aryl methyl sites for hydroxylation is 1. The summed E-state index contributed by atoms with van der Waals surface area (Å²) in [7, 11) is 0.